The number of nitrogens with one attached hydrogen (secondary N) is 1. The molecule has 8 heteroatoms. The molecule has 2 atom stereocenters. The van der Waals surface area contributed by atoms with Crippen LogP contribution in [0.5, 0.6) is 0 Å². The van der Waals surface area contributed by atoms with E-state index in [-0.39, 0.29) is 17.8 Å². The van der Waals surface area contributed by atoms with Crippen LogP contribution in [-0.2, 0) is 0 Å². The van der Waals surface area contributed by atoms with Crippen LogP contribution in [0.15, 0.2) is 36.7 Å². The first-order valence-electron chi connectivity index (χ1n) is 10.5. The molecule has 1 aliphatic rings. The summed E-state index contributed by atoms with van der Waals surface area (Å²) in [5, 5.41) is 4.11. The van der Waals surface area contributed by atoms with E-state index in [0.29, 0.717) is 30.6 Å². The van der Waals surface area contributed by atoms with E-state index in [9.17, 15) is 9.18 Å². The summed E-state index contributed by atoms with van der Waals surface area (Å²) in [6.45, 7) is 7.27. The molecular formula is C23H26FN5OS. The first kappa shape index (κ1) is 21.4. The number of thiazole rings is 1. The van der Waals surface area contributed by atoms with Crippen molar-refractivity contribution in [1.29, 1.82) is 0 Å². The summed E-state index contributed by atoms with van der Waals surface area (Å²) in [6, 6.07) is 6.23. The number of hydrogen-bond acceptors (Lipinski definition) is 6. The van der Waals surface area contributed by atoms with E-state index < -0.39 is 0 Å². The highest BCUT2D eigenvalue weighted by atomic mass is 32.1. The first-order valence-corrected chi connectivity index (χ1v) is 11.3. The molecule has 1 N–H and O–H groups in total. The number of amides is 1. The van der Waals surface area contributed by atoms with Gasteiger partial charge in [0, 0.05) is 25.5 Å². The van der Waals surface area contributed by atoms with Crippen molar-refractivity contribution in [3.8, 4) is 10.4 Å². The minimum atomic E-state index is -0.299. The molecule has 0 aliphatic carbocycles. The Bertz CT molecular complexity index is 1050. The highest BCUT2D eigenvalue weighted by molar-refractivity contribution is 7.15. The number of aromatic nitrogens is 3. The molecule has 4 rings (SSSR count). The van der Waals surface area contributed by atoms with Crippen molar-refractivity contribution in [3.63, 3.8) is 0 Å². The van der Waals surface area contributed by atoms with Crippen LogP contribution in [-0.4, -0.2) is 44.9 Å². The number of halogens is 1. The second kappa shape index (κ2) is 9.09. The SMILES string of the molecule is Cc1cnc(NC[C@H]2[C@@H](C)CCCN2C(=O)c2nc(C)sc2-c2ccc(F)cc2)nc1. The van der Waals surface area contributed by atoms with Crippen LogP contribution in [0.3, 0.4) is 0 Å². The van der Waals surface area contributed by atoms with Crippen molar-refractivity contribution in [2.24, 2.45) is 5.92 Å². The molecule has 1 fully saturated rings. The third-order valence-electron chi connectivity index (χ3n) is 5.67. The Balaban J connectivity index is 1.58. The van der Waals surface area contributed by atoms with Gasteiger partial charge in [-0.05, 0) is 55.9 Å². The predicted octanol–water partition coefficient (Wildman–Crippen LogP) is 4.71. The molecule has 1 aromatic carbocycles. The minimum Gasteiger partial charge on any atom is -0.352 e. The fourth-order valence-electron chi connectivity index (χ4n) is 4.00. The van der Waals surface area contributed by atoms with E-state index in [4.69, 9.17) is 0 Å². The van der Waals surface area contributed by atoms with E-state index in [1.807, 2.05) is 18.7 Å². The number of benzene rings is 1. The van der Waals surface area contributed by atoms with Gasteiger partial charge in [0.15, 0.2) is 0 Å². The van der Waals surface area contributed by atoms with E-state index in [1.54, 1.807) is 24.5 Å². The summed E-state index contributed by atoms with van der Waals surface area (Å²) in [4.78, 5) is 29.5. The summed E-state index contributed by atoms with van der Waals surface area (Å²) >= 11 is 1.46. The molecule has 1 amide bonds. The number of aryl methyl sites for hydroxylation is 2. The Kier molecular flexibility index (Phi) is 6.27. The second-order valence-electron chi connectivity index (χ2n) is 8.07. The van der Waals surface area contributed by atoms with Crippen molar-refractivity contribution in [2.75, 3.05) is 18.4 Å². The van der Waals surface area contributed by atoms with Gasteiger partial charge in [-0.2, -0.15) is 0 Å². The summed E-state index contributed by atoms with van der Waals surface area (Å²) in [6.07, 6.45) is 5.57. The summed E-state index contributed by atoms with van der Waals surface area (Å²) < 4.78 is 13.4. The molecule has 0 radical (unpaired) electrons. The van der Waals surface area contributed by atoms with E-state index >= 15 is 0 Å². The Morgan fingerprint density at radius 2 is 1.94 bits per heavy atom. The number of nitrogens with zero attached hydrogens (tertiary/aromatic N) is 4. The van der Waals surface area contributed by atoms with Crippen LogP contribution >= 0.6 is 11.3 Å². The van der Waals surface area contributed by atoms with E-state index in [2.05, 4.69) is 27.2 Å². The van der Waals surface area contributed by atoms with Gasteiger partial charge in [0.1, 0.15) is 11.5 Å². The zero-order valence-corrected chi connectivity index (χ0v) is 18.7. The topological polar surface area (TPSA) is 71.0 Å². The lowest BCUT2D eigenvalue weighted by molar-refractivity contribution is 0.0535. The minimum absolute atomic E-state index is 0.00854. The van der Waals surface area contributed by atoms with Gasteiger partial charge in [-0.3, -0.25) is 4.79 Å². The number of carbonyl (C=O) groups is 1. The highest BCUT2D eigenvalue weighted by Crippen LogP contribution is 2.33. The Morgan fingerprint density at radius 1 is 1.23 bits per heavy atom. The van der Waals surface area contributed by atoms with E-state index in [0.717, 1.165) is 33.9 Å². The fourth-order valence-corrected chi connectivity index (χ4v) is 4.91. The summed E-state index contributed by atoms with van der Waals surface area (Å²) in [5.74, 6) is 0.524. The van der Waals surface area contributed by atoms with Gasteiger partial charge < -0.3 is 10.2 Å². The van der Waals surface area contributed by atoms with Crippen LogP contribution in [0.2, 0.25) is 0 Å². The van der Waals surface area contributed by atoms with Crippen LogP contribution in [0.25, 0.3) is 10.4 Å². The largest absolute Gasteiger partial charge is 0.352 e. The molecule has 0 unspecified atom stereocenters. The van der Waals surface area contributed by atoms with Crippen molar-refractivity contribution < 1.29 is 9.18 Å². The number of anilines is 1. The van der Waals surface area contributed by atoms with Crippen LogP contribution in [0, 0.1) is 25.6 Å². The number of piperidine rings is 1. The molecule has 0 saturated carbocycles. The van der Waals surface area contributed by atoms with Gasteiger partial charge in [0.2, 0.25) is 5.95 Å². The van der Waals surface area contributed by atoms with Crippen molar-refractivity contribution in [1.82, 2.24) is 19.9 Å². The lowest BCUT2D eigenvalue weighted by Gasteiger charge is -2.40. The smallest absolute Gasteiger partial charge is 0.274 e. The van der Waals surface area contributed by atoms with Crippen molar-refractivity contribution >= 4 is 23.2 Å². The zero-order valence-electron chi connectivity index (χ0n) is 17.9. The molecular weight excluding hydrogens is 413 g/mol. The monoisotopic (exact) mass is 439 g/mol. The first-order chi connectivity index (χ1) is 14.9. The van der Waals surface area contributed by atoms with Crippen molar-refractivity contribution in [2.45, 2.75) is 39.7 Å². The summed E-state index contributed by atoms with van der Waals surface area (Å²) in [7, 11) is 0. The third-order valence-corrected chi connectivity index (χ3v) is 6.69. The molecule has 3 aromatic rings. The zero-order chi connectivity index (χ0) is 22.0. The number of hydrogen-bond donors (Lipinski definition) is 1. The molecule has 3 heterocycles. The highest BCUT2D eigenvalue weighted by Gasteiger charge is 2.34. The molecule has 162 valence electrons. The van der Waals surface area contributed by atoms with Gasteiger partial charge in [-0.15, -0.1) is 11.3 Å². The molecule has 31 heavy (non-hydrogen) atoms. The molecule has 0 spiro atoms. The third kappa shape index (κ3) is 4.74. The standard InChI is InChI=1S/C23H26FN5OS/c1-14-11-25-23(26-12-14)27-13-19-15(2)5-4-10-29(19)22(30)20-21(31-16(3)28-20)17-6-8-18(24)9-7-17/h6-9,11-12,15,19H,4-5,10,13H2,1-3H3,(H,25,26,27)/t15-,19-/m0/s1. The fraction of sp³-hybridized carbons (Fsp3) is 0.391. The Morgan fingerprint density at radius 3 is 2.65 bits per heavy atom. The summed E-state index contributed by atoms with van der Waals surface area (Å²) in [5.41, 5.74) is 2.25. The number of carbonyl (C=O) groups excluding carboxylic acids is 1. The number of likely N-dealkylation sites (tertiary alicyclic amines) is 1. The van der Waals surface area contributed by atoms with Gasteiger partial charge >= 0.3 is 0 Å². The lowest BCUT2D eigenvalue weighted by Crippen LogP contribution is -2.51. The average molecular weight is 440 g/mol. The van der Waals surface area contributed by atoms with Crippen LogP contribution < -0.4 is 5.32 Å². The molecule has 0 bridgehead atoms. The normalized spacial score (nSPS) is 18.8. The quantitative estimate of drug-likeness (QED) is 0.623. The van der Waals surface area contributed by atoms with Gasteiger partial charge in [0.25, 0.3) is 5.91 Å². The molecule has 2 aromatic heterocycles. The lowest BCUT2D eigenvalue weighted by atomic mass is 9.90. The second-order valence-corrected chi connectivity index (χ2v) is 9.27. The van der Waals surface area contributed by atoms with Gasteiger partial charge in [-0.25, -0.2) is 19.3 Å². The molecule has 1 aliphatic heterocycles. The maximum absolute atomic E-state index is 13.6. The maximum Gasteiger partial charge on any atom is 0.274 e. The van der Waals surface area contributed by atoms with Gasteiger partial charge in [-0.1, -0.05) is 19.1 Å². The molecule has 6 nitrogen and oxygen atoms in total. The predicted molar refractivity (Wildman–Crippen MR) is 121 cm³/mol. The average Bonchev–Trinajstić information content (AvgIpc) is 3.15. The Hall–Kier alpha value is -2.87. The van der Waals surface area contributed by atoms with Crippen LogP contribution in [0.1, 0.15) is 40.8 Å². The van der Waals surface area contributed by atoms with Crippen molar-refractivity contribution in [3.05, 3.63) is 58.7 Å². The Labute approximate surface area is 185 Å². The van der Waals surface area contributed by atoms with Crippen LogP contribution in [0.4, 0.5) is 10.3 Å². The molecule has 1 saturated heterocycles. The maximum atomic E-state index is 13.6. The van der Waals surface area contributed by atoms with E-state index in [1.165, 1.54) is 23.5 Å². The van der Waals surface area contributed by atoms with Gasteiger partial charge in [0.05, 0.1) is 15.9 Å². The number of rotatable bonds is 5.